The molecular weight excluding hydrogens is 544 g/mol. The summed E-state index contributed by atoms with van der Waals surface area (Å²) in [6.45, 7) is 11.3. The number of benzene rings is 1. The molecule has 3 N–H and O–H groups in total. The van der Waals surface area contributed by atoms with Gasteiger partial charge < -0.3 is 34.3 Å². The topological polar surface area (TPSA) is 149 Å². The van der Waals surface area contributed by atoms with Crippen LogP contribution in [-0.4, -0.2) is 81.6 Å². The van der Waals surface area contributed by atoms with Crippen LogP contribution in [0.25, 0.3) is 0 Å². The molecule has 10 nitrogen and oxygen atoms in total. The molecule has 5 rings (SSSR count). The molecule has 42 heavy (non-hydrogen) atoms. The highest BCUT2D eigenvalue weighted by molar-refractivity contribution is 5.89. The zero-order chi connectivity index (χ0) is 31.0. The first-order valence-electron chi connectivity index (χ1n) is 14.6. The lowest BCUT2D eigenvalue weighted by molar-refractivity contribution is -0.358. The molecule has 0 amide bonds. The number of ether oxygens (including phenoxy) is 4. The van der Waals surface area contributed by atoms with Crippen molar-refractivity contribution in [3.05, 3.63) is 47.0 Å². The SMILES string of the molecule is CC(=O)OC1C2=C(C)C(O)CC(O)(C(OC(=O)c3ccccc3)C3C4(OC(C)=O)COC4CC(C)C3(C)C1O)C2(C)C. The largest absolute Gasteiger partial charge is 0.455 e. The Morgan fingerprint density at radius 3 is 2.19 bits per heavy atom. The van der Waals surface area contributed by atoms with E-state index in [2.05, 4.69) is 0 Å². The molecule has 1 heterocycles. The Hall–Kier alpha value is -2.79. The molecule has 2 bridgehead atoms. The maximum absolute atomic E-state index is 13.8. The lowest BCUT2D eigenvalue weighted by Crippen LogP contribution is -2.81. The van der Waals surface area contributed by atoms with E-state index in [1.807, 2.05) is 6.92 Å². The minimum atomic E-state index is -1.96. The number of hydrogen-bond donors (Lipinski definition) is 3. The van der Waals surface area contributed by atoms with Crippen LogP contribution in [0.5, 0.6) is 0 Å². The van der Waals surface area contributed by atoms with E-state index >= 15 is 0 Å². The quantitative estimate of drug-likeness (QED) is 0.273. The predicted octanol–water partition coefficient (Wildman–Crippen LogP) is 2.72. The minimum Gasteiger partial charge on any atom is -0.455 e. The first-order chi connectivity index (χ1) is 19.5. The number of aliphatic hydroxyl groups excluding tert-OH is 2. The van der Waals surface area contributed by atoms with Crippen LogP contribution in [0.2, 0.25) is 0 Å². The molecule has 0 aromatic heterocycles. The maximum atomic E-state index is 13.8. The summed E-state index contributed by atoms with van der Waals surface area (Å²) in [7, 11) is 0. The smallest absolute Gasteiger partial charge is 0.338 e. The van der Waals surface area contributed by atoms with E-state index in [0.29, 0.717) is 17.6 Å². The highest BCUT2D eigenvalue weighted by Gasteiger charge is 2.77. The van der Waals surface area contributed by atoms with Gasteiger partial charge in [-0.15, -0.1) is 0 Å². The van der Waals surface area contributed by atoms with Gasteiger partial charge in [-0.3, -0.25) is 9.59 Å². The molecule has 230 valence electrons. The molecule has 1 aliphatic heterocycles. The summed E-state index contributed by atoms with van der Waals surface area (Å²) in [5, 5.41) is 36.8. The molecule has 10 heteroatoms. The molecule has 1 saturated heterocycles. The lowest BCUT2D eigenvalue weighted by Gasteiger charge is -2.69. The third-order valence-electron chi connectivity index (χ3n) is 10.9. The van der Waals surface area contributed by atoms with Gasteiger partial charge >= 0.3 is 17.9 Å². The number of carbonyl (C=O) groups is 3. The fourth-order valence-corrected chi connectivity index (χ4v) is 8.46. The van der Waals surface area contributed by atoms with Crippen LogP contribution in [0.1, 0.15) is 71.7 Å². The Labute approximate surface area is 246 Å². The van der Waals surface area contributed by atoms with Crippen LogP contribution < -0.4 is 0 Å². The van der Waals surface area contributed by atoms with Gasteiger partial charge in [0.25, 0.3) is 0 Å². The summed E-state index contributed by atoms with van der Waals surface area (Å²) in [6.07, 6.45) is -5.64. The van der Waals surface area contributed by atoms with Gasteiger partial charge in [-0.05, 0) is 42.5 Å². The first kappa shape index (κ1) is 30.7. The summed E-state index contributed by atoms with van der Waals surface area (Å²) >= 11 is 0. The van der Waals surface area contributed by atoms with Gasteiger partial charge in [-0.1, -0.05) is 45.9 Å². The van der Waals surface area contributed by atoms with Crippen molar-refractivity contribution in [1.29, 1.82) is 0 Å². The fraction of sp³-hybridized carbons (Fsp3) is 0.656. The molecule has 1 aromatic carbocycles. The molecule has 1 aromatic rings. The predicted molar refractivity (Wildman–Crippen MR) is 149 cm³/mol. The average molecular weight is 587 g/mol. The van der Waals surface area contributed by atoms with Crippen molar-refractivity contribution in [3.8, 4) is 0 Å². The van der Waals surface area contributed by atoms with E-state index < -0.39 is 76.4 Å². The molecule has 0 radical (unpaired) electrons. The molecule has 0 spiro atoms. The van der Waals surface area contributed by atoms with Crippen LogP contribution in [-0.2, 0) is 28.5 Å². The van der Waals surface area contributed by atoms with Crippen LogP contribution in [0.15, 0.2) is 41.5 Å². The van der Waals surface area contributed by atoms with Crippen molar-refractivity contribution in [2.24, 2.45) is 22.7 Å². The average Bonchev–Trinajstić information content (AvgIpc) is 2.90. The lowest BCUT2D eigenvalue weighted by atomic mass is 9.43. The third kappa shape index (κ3) is 4.17. The fourth-order valence-electron chi connectivity index (χ4n) is 8.46. The van der Waals surface area contributed by atoms with Gasteiger partial charge in [0.15, 0.2) is 11.7 Å². The van der Waals surface area contributed by atoms with Crippen LogP contribution in [0.4, 0.5) is 0 Å². The van der Waals surface area contributed by atoms with Crippen LogP contribution >= 0.6 is 0 Å². The number of aliphatic hydroxyl groups is 3. The van der Waals surface area contributed by atoms with Gasteiger partial charge in [0.05, 0.1) is 24.2 Å². The van der Waals surface area contributed by atoms with Gasteiger partial charge in [0, 0.05) is 31.1 Å². The van der Waals surface area contributed by atoms with Crippen molar-refractivity contribution in [2.75, 3.05) is 6.61 Å². The normalized spacial score (nSPS) is 42.1. The molecule has 4 aliphatic rings. The summed E-state index contributed by atoms with van der Waals surface area (Å²) in [5.74, 6) is -3.30. The monoisotopic (exact) mass is 586 g/mol. The maximum Gasteiger partial charge on any atom is 0.338 e. The molecule has 3 aliphatic carbocycles. The van der Waals surface area contributed by atoms with E-state index in [-0.39, 0.29) is 24.5 Å². The van der Waals surface area contributed by atoms with E-state index in [0.717, 1.165) is 0 Å². The summed E-state index contributed by atoms with van der Waals surface area (Å²) in [4.78, 5) is 38.9. The third-order valence-corrected chi connectivity index (χ3v) is 10.9. The van der Waals surface area contributed by atoms with Gasteiger partial charge in [-0.2, -0.15) is 0 Å². The Bertz CT molecular complexity index is 1310. The second kappa shape index (κ2) is 10.1. The standard InChI is InChI=1S/C32H42O10/c1-16-13-22-31(15-39-22,42-19(4)34)25-27(41-28(37)20-11-9-8-10-12-20)32(38)14-21(35)17(2)23(29(32,5)6)24(40-18(3)33)26(36)30(16,25)7/h8-12,16,21-22,24-27,35-36,38H,13-15H2,1-7H3. The number of fused-ring (bicyclic) bond motifs is 5. The minimum absolute atomic E-state index is 0.0463. The van der Waals surface area contributed by atoms with Crippen molar-refractivity contribution in [2.45, 2.75) is 103 Å². The van der Waals surface area contributed by atoms with Crippen LogP contribution in [0, 0.1) is 22.7 Å². The number of hydrogen-bond acceptors (Lipinski definition) is 10. The number of carbonyl (C=O) groups excluding carboxylic acids is 3. The Kier molecular flexibility index (Phi) is 7.41. The number of rotatable bonds is 4. The Morgan fingerprint density at radius 1 is 1.00 bits per heavy atom. The zero-order valence-electron chi connectivity index (χ0n) is 25.2. The van der Waals surface area contributed by atoms with Crippen LogP contribution in [0.3, 0.4) is 0 Å². The molecule has 2 saturated carbocycles. The molecule has 10 unspecified atom stereocenters. The van der Waals surface area contributed by atoms with Gasteiger partial charge in [-0.25, -0.2) is 4.79 Å². The highest BCUT2D eigenvalue weighted by Crippen LogP contribution is 2.66. The second-order valence-electron chi connectivity index (χ2n) is 13.4. The second-order valence-corrected chi connectivity index (χ2v) is 13.4. The molecular formula is C32H42O10. The highest BCUT2D eigenvalue weighted by atomic mass is 16.6. The van der Waals surface area contributed by atoms with E-state index in [9.17, 15) is 29.7 Å². The van der Waals surface area contributed by atoms with Gasteiger partial charge in [0.2, 0.25) is 0 Å². The van der Waals surface area contributed by atoms with Crippen molar-refractivity contribution in [3.63, 3.8) is 0 Å². The first-order valence-corrected chi connectivity index (χ1v) is 14.6. The zero-order valence-corrected chi connectivity index (χ0v) is 25.2. The molecule has 3 fully saturated rings. The van der Waals surface area contributed by atoms with Gasteiger partial charge in [0.1, 0.15) is 23.9 Å². The van der Waals surface area contributed by atoms with E-state index in [1.54, 1.807) is 58.0 Å². The Balaban J connectivity index is 1.83. The van der Waals surface area contributed by atoms with Crippen molar-refractivity contribution >= 4 is 17.9 Å². The van der Waals surface area contributed by atoms with Crippen molar-refractivity contribution in [1.82, 2.24) is 0 Å². The summed E-state index contributed by atoms with van der Waals surface area (Å²) in [6, 6.07) is 8.34. The van der Waals surface area contributed by atoms with E-state index in [1.165, 1.54) is 13.8 Å². The summed E-state index contributed by atoms with van der Waals surface area (Å²) < 4.78 is 24.2. The van der Waals surface area contributed by atoms with Crippen molar-refractivity contribution < 1.29 is 48.7 Å². The molecule has 10 atom stereocenters. The Morgan fingerprint density at radius 2 is 1.64 bits per heavy atom. The number of esters is 3. The van der Waals surface area contributed by atoms with E-state index in [4.69, 9.17) is 18.9 Å². The summed E-state index contributed by atoms with van der Waals surface area (Å²) in [5.41, 5.74) is -4.78.